The van der Waals surface area contributed by atoms with Crippen LogP contribution in [0.2, 0.25) is 0 Å². The van der Waals surface area contributed by atoms with Gasteiger partial charge in [0.05, 0.1) is 13.2 Å². The molecule has 3 aliphatic rings. The predicted molar refractivity (Wildman–Crippen MR) is 114 cm³/mol. The third-order valence-corrected chi connectivity index (χ3v) is 7.54. The van der Waals surface area contributed by atoms with Gasteiger partial charge in [0.25, 0.3) is 0 Å². The van der Waals surface area contributed by atoms with Gasteiger partial charge in [0, 0.05) is 48.7 Å². The van der Waals surface area contributed by atoms with E-state index in [1.54, 1.807) is 12.1 Å². The lowest BCUT2D eigenvalue weighted by molar-refractivity contribution is -0.184. The highest BCUT2D eigenvalue weighted by Crippen LogP contribution is 2.47. The molecular weight excluding hydrogens is 387 g/mol. The summed E-state index contributed by atoms with van der Waals surface area (Å²) in [5, 5.41) is 2.18. The molecule has 0 bridgehead atoms. The molecule has 2 aromatic rings. The number of ether oxygens (including phenoxy) is 2. The zero-order valence-electron chi connectivity index (χ0n) is 16.8. The third kappa shape index (κ3) is 4.08. The first-order valence-corrected chi connectivity index (χ1v) is 11.7. The highest BCUT2D eigenvalue weighted by Gasteiger charge is 2.45. The molecule has 1 unspecified atom stereocenters. The van der Waals surface area contributed by atoms with Gasteiger partial charge in [-0.3, -0.25) is 4.90 Å². The van der Waals surface area contributed by atoms with Crippen LogP contribution in [0.3, 0.4) is 0 Å². The van der Waals surface area contributed by atoms with E-state index >= 15 is 0 Å². The van der Waals surface area contributed by atoms with Gasteiger partial charge in [0.15, 0.2) is 5.79 Å². The minimum absolute atomic E-state index is 0.167. The number of hydrogen-bond acceptors (Lipinski definition) is 5. The zero-order chi connectivity index (χ0) is 19.7. The summed E-state index contributed by atoms with van der Waals surface area (Å²) in [5.41, 5.74) is 2.41. The molecule has 1 aromatic heterocycles. The maximum absolute atomic E-state index is 13.1. The van der Waals surface area contributed by atoms with Crippen LogP contribution in [0.5, 0.6) is 0 Å². The Labute approximate surface area is 176 Å². The van der Waals surface area contributed by atoms with Crippen molar-refractivity contribution in [2.24, 2.45) is 5.92 Å². The Hall–Kier alpha value is -1.47. The van der Waals surface area contributed by atoms with Crippen LogP contribution in [0.25, 0.3) is 0 Å². The monoisotopic (exact) mass is 416 g/mol. The summed E-state index contributed by atoms with van der Waals surface area (Å²) in [6, 6.07) is 9.07. The summed E-state index contributed by atoms with van der Waals surface area (Å²) in [6.07, 6.45) is 4.61. The molecule has 3 heterocycles. The van der Waals surface area contributed by atoms with E-state index in [-0.39, 0.29) is 5.82 Å². The fourth-order valence-corrected chi connectivity index (χ4v) is 6.13. The van der Waals surface area contributed by atoms with Crippen LogP contribution in [0, 0.1) is 11.7 Å². The number of benzene rings is 1. The number of thiophene rings is 1. The van der Waals surface area contributed by atoms with Crippen LogP contribution >= 0.6 is 11.3 Å². The molecule has 1 aromatic carbocycles. The average Bonchev–Trinajstić information content (AvgIpc) is 3.40. The second kappa shape index (κ2) is 8.34. The summed E-state index contributed by atoms with van der Waals surface area (Å²) in [6.45, 7) is 6.75. The Morgan fingerprint density at radius 3 is 2.55 bits per heavy atom. The van der Waals surface area contributed by atoms with Crippen LogP contribution < -0.4 is 4.90 Å². The lowest BCUT2D eigenvalue weighted by Gasteiger charge is -2.38. The van der Waals surface area contributed by atoms with Crippen molar-refractivity contribution in [3.8, 4) is 0 Å². The molecule has 2 aliphatic heterocycles. The molecule has 1 atom stereocenters. The molecule has 156 valence electrons. The minimum Gasteiger partial charge on any atom is -0.369 e. The van der Waals surface area contributed by atoms with E-state index in [1.807, 2.05) is 23.5 Å². The quantitative estimate of drug-likeness (QED) is 0.728. The van der Waals surface area contributed by atoms with Crippen LogP contribution in [0.15, 0.2) is 35.7 Å². The van der Waals surface area contributed by atoms with Gasteiger partial charge in [-0.2, -0.15) is 0 Å². The van der Waals surface area contributed by atoms with E-state index in [0.717, 1.165) is 44.8 Å². The summed E-state index contributed by atoms with van der Waals surface area (Å²) in [5.74, 6) is 0.0127. The van der Waals surface area contributed by atoms with Crippen LogP contribution in [0.1, 0.15) is 29.7 Å². The normalized spacial score (nSPS) is 24.2. The second-order valence-corrected chi connectivity index (χ2v) is 9.43. The van der Waals surface area contributed by atoms with Crippen molar-refractivity contribution in [2.75, 3.05) is 50.8 Å². The van der Waals surface area contributed by atoms with E-state index in [4.69, 9.17) is 9.47 Å². The fourth-order valence-electron chi connectivity index (χ4n) is 5.08. The number of nitrogens with zero attached hydrogens (tertiary/aromatic N) is 2. The summed E-state index contributed by atoms with van der Waals surface area (Å²) in [7, 11) is 0. The number of hydrogen-bond donors (Lipinski definition) is 0. The molecule has 2 fully saturated rings. The van der Waals surface area contributed by atoms with Gasteiger partial charge in [-0.1, -0.05) is 0 Å². The molecule has 0 N–H and O–H groups in total. The van der Waals surface area contributed by atoms with Crippen molar-refractivity contribution < 1.29 is 13.9 Å². The lowest BCUT2D eigenvalue weighted by atomic mass is 9.81. The summed E-state index contributed by atoms with van der Waals surface area (Å²) in [4.78, 5) is 6.38. The van der Waals surface area contributed by atoms with E-state index < -0.39 is 5.79 Å². The molecule has 6 heteroatoms. The summed E-state index contributed by atoms with van der Waals surface area (Å²) < 4.78 is 25.3. The first-order valence-electron chi connectivity index (χ1n) is 10.8. The highest BCUT2D eigenvalue weighted by atomic mass is 32.1. The standard InChI is InChI=1S/C23H29FN2O2S/c24-19-3-5-20(6-4-19)26-11-9-25(10-12-26)8-1-2-18-16-22-21(7-15-29-22)23(17-18)27-13-14-28-23/h3-7,15,18H,1-2,8-14,16-17H2. The molecule has 29 heavy (non-hydrogen) atoms. The third-order valence-electron chi connectivity index (χ3n) is 6.59. The molecule has 2 saturated heterocycles. The number of anilines is 1. The first-order chi connectivity index (χ1) is 14.2. The largest absolute Gasteiger partial charge is 0.369 e. The lowest BCUT2D eigenvalue weighted by Crippen LogP contribution is -2.46. The Bertz CT molecular complexity index is 811. The average molecular weight is 417 g/mol. The van der Waals surface area contributed by atoms with Crippen molar-refractivity contribution in [3.05, 3.63) is 52.0 Å². The molecule has 1 aliphatic carbocycles. The first kappa shape index (κ1) is 19.5. The number of piperazine rings is 1. The number of halogens is 1. The Kier molecular flexibility index (Phi) is 5.61. The van der Waals surface area contributed by atoms with Gasteiger partial charge in [-0.25, -0.2) is 4.39 Å². The molecule has 0 amide bonds. The predicted octanol–water partition coefficient (Wildman–Crippen LogP) is 4.25. The van der Waals surface area contributed by atoms with Crippen molar-refractivity contribution in [2.45, 2.75) is 31.5 Å². The van der Waals surface area contributed by atoms with E-state index in [2.05, 4.69) is 21.2 Å². The van der Waals surface area contributed by atoms with Crippen molar-refractivity contribution >= 4 is 17.0 Å². The maximum Gasteiger partial charge on any atom is 0.196 e. The van der Waals surface area contributed by atoms with Crippen molar-refractivity contribution in [1.82, 2.24) is 4.90 Å². The topological polar surface area (TPSA) is 24.9 Å². The van der Waals surface area contributed by atoms with Gasteiger partial charge < -0.3 is 14.4 Å². The summed E-state index contributed by atoms with van der Waals surface area (Å²) >= 11 is 1.85. The SMILES string of the molecule is Fc1ccc(N2CCN(CCCC3Cc4sccc4C4(C3)OCCO4)CC2)cc1. The Morgan fingerprint density at radius 1 is 1.03 bits per heavy atom. The van der Waals surface area contributed by atoms with E-state index in [9.17, 15) is 4.39 Å². The minimum atomic E-state index is -0.459. The van der Waals surface area contributed by atoms with Crippen molar-refractivity contribution in [1.29, 1.82) is 0 Å². The smallest absolute Gasteiger partial charge is 0.196 e. The number of rotatable bonds is 5. The van der Waals surface area contributed by atoms with Gasteiger partial charge in [0.1, 0.15) is 5.82 Å². The number of fused-ring (bicyclic) bond motifs is 2. The van der Waals surface area contributed by atoms with E-state index in [0.29, 0.717) is 19.1 Å². The van der Waals surface area contributed by atoms with Crippen LogP contribution in [-0.2, 0) is 21.7 Å². The van der Waals surface area contributed by atoms with E-state index in [1.165, 1.54) is 29.7 Å². The van der Waals surface area contributed by atoms with Gasteiger partial charge in [-0.05, 0) is 67.4 Å². The second-order valence-electron chi connectivity index (χ2n) is 8.43. The molecule has 1 spiro atoms. The van der Waals surface area contributed by atoms with Gasteiger partial charge in [0.2, 0.25) is 0 Å². The molecule has 0 saturated carbocycles. The van der Waals surface area contributed by atoms with Gasteiger partial charge in [-0.15, -0.1) is 11.3 Å². The van der Waals surface area contributed by atoms with Crippen LogP contribution in [-0.4, -0.2) is 50.8 Å². The Balaban J connectivity index is 1.10. The fraction of sp³-hybridized carbons (Fsp3) is 0.565. The molecule has 0 radical (unpaired) electrons. The van der Waals surface area contributed by atoms with Crippen molar-refractivity contribution in [3.63, 3.8) is 0 Å². The zero-order valence-corrected chi connectivity index (χ0v) is 17.6. The molecule has 4 nitrogen and oxygen atoms in total. The van der Waals surface area contributed by atoms with Crippen LogP contribution in [0.4, 0.5) is 10.1 Å². The highest BCUT2D eigenvalue weighted by molar-refractivity contribution is 7.10. The molecule has 5 rings (SSSR count). The maximum atomic E-state index is 13.1. The molecular formula is C23H29FN2O2S. The Morgan fingerprint density at radius 2 is 1.79 bits per heavy atom. The van der Waals surface area contributed by atoms with Gasteiger partial charge >= 0.3 is 0 Å².